The SMILES string of the molecule is O=C1C=C(Nc2cc(F)cc(F)c2)C2(CCN(Cc3ccccc3)CC2)N1c1cccc(F)c1. The zero-order valence-electron chi connectivity index (χ0n) is 18.5. The Morgan fingerprint density at radius 1 is 0.824 bits per heavy atom. The van der Waals surface area contributed by atoms with Crippen molar-refractivity contribution in [2.45, 2.75) is 24.9 Å². The monoisotopic (exact) mass is 463 g/mol. The zero-order valence-corrected chi connectivity index (χ0v) is 18.5. The molecule has 34 heavy (non-hydrogen) atoms. The van der Waals surface area contributed by atoms with Crippen LogP contribution in [0.3, 0.4) is 0 Å². The minimum atomic E-state index is -0.777. The highest BCUT2D eigenvalue weighted by Crippen LogP contribution is 2.43. The van der Waals surface area contributed by atoms with Crippen molar-refractivity contribution in [2.24, 2.45) is 0 Å². The van der Waals surface area contributed by atoms with E-state index in [9.17, 15) is 18.0 Å². The van der Waals surface area contributed by atoms with Crippen molar-refractivity contribution in [2.75, 3.05) is 23.3 Å². The molecule has 2 aliphatic rings. The molecule has 3 aromatic carbocycles. The Morgan fingerprint density at radius 3 is 2.21 bits per heavy atom. The Balaban J connectivity index is 1.46. The quantitative estimate of drug-likeness (QED) is 0.544. The molecule has 1 spiro atoms. The largest absolute Gasteiger partial charge is 0.357 e. The van der Waals surface area contributed by atoms with E-state index < -0.39 is 23.0 Å². The summed E-state index contributed by atoms with van der Waals surface area (Å²) in [5.74, 6) is -2.14. The topological polar surface area (TPSA) is 35.6 Å². The Hall–Kier alpha value is -3.58. The molecular weight excluding hydrogens is 439 g/mol. The van der Waals surface area contributed by atoms with Crippen molar-refractivity contribution < 1.29 is 18.0 Å². The van der Waals surface area contributed by atoms with Crippen LogP contribution in [-0.4, -0.2) is 29.4 Å². The fourth-order valence-corrected chi connectivity index (χ4v) is 4.99. The van der Waals surface area contributed by atoms with Crippen LogP contribution in [0.2, 0.25) is 0 Å². The van der Waals surface area contributed by atoms with E-state index in [2.05, 4.69) is 22.3 Å². The second-order valence-corrected chi connectivity index (χ2v) is 8.79. The summed E-state index contributed by atoms with van der Waals surface area (Å²) in [6, 6.07) is 19.3. The second-order valence-electron chi connectivity index (χ2n) is 8.79. The lowest BCUT2D eigenvalue weighted by atomic mass is 9.83. The van der Waals surface area contributed by atoms with E-state index in [0.29, 0.717) is 37.3 Å². The number of nitrogens with one attached hydrogen (secondary N) is 1. The van der Waals surface area contributed by atoms with Crippen molar-refractivity contribution in [3.63, 3.8) is 0 Å². The van der Waals surface area contributed by atoms with Crippen molar-refractivity contribution in [1.29, 1.82) is 0 Å². The number of amides is 1. The molecule has 1 N–H and O–H groups in total. The van der Waals surface area contributed by atoms with Gasteiger partial charge in [-0.1, -0.05) is 36.4 Å². The van der Waals surface area contributed by atoms with Gasteiger partial charge in [-0.2, -0.15) is 0 Å². The Morgan fingerprint density at radius 2 is 1.53 bits per heavy atom. The molecule has 0 saturated carbocycles. The van der Waals surface area contributed by atoms with E-state index in [4.69, 9.17) is 0 Å². The first-order valence-corrected chi connectivity index (χ1v) is 11.2. The molecule has 1 saturated heterocycles. The molecule has 2 aliphatic heterocycles. The van der Waals surface area contributed by atoms with Gasteiger partial charge in [0.2, 0.25) is 0 Å². The van der Waals surface area contributed by atoms with E-state index in [1.807, 2.05) is 18.2 Å². The average Bonchev–Trinajstić information content (AvgIpc) is 3.05. The van der Waals surface area contributed by atoms with E-state index in [1.165, 1.54) is 35.9 Å². The summed E-state index contributed by atoms with van der Waals surface area (Å²) in [4.78, 5) is 17.1. The number of piperidine rings is 1. The molecular formula is C27H24F3N3O. The number of carbonyl (C=O) groups excluding carboxylic acids is 1. The fourth-order valence-electron chi connectivity index (χ4n) is 4.99. The summed E-state index contributed by atoms with van der Waals surface area (Å²) >= 11 is 0. The van der Waals surface area contributed by atoms with Crippen LogP contribution in [0.4, 0.5) is 24.5 Å². The number of nitrogens with zero attached hydrogens (tertiary/aromatic N) is 2. The van der Waals surface area contributed by atoms with E-state index in [0.717, 1.165) is 12.6 Å². The molecule has 5 rings (SSSR count). The third-order valence-corrected chi connectivity index (χ3v) is 6.56. The van der Waals surface area contributed by atoms with Gasteiger partial charge in [-0.05, 0) is 48.7 Å². The van der Waals surface area contributed by atoms with Crippen LogP contribution in [0.15, 0.2) is 84.6 Å². The van der Waals surface area contributed by atoms with Gasteiger partial charge in [-0.15, -0.1) is 0 Å². The maximum absolute atomic E-state index is 14.1. The highest BCUT2D eigenvalue weighted by atomic mass is 19.1. The van der Waals surface area contributed by atoms with E-state index in [-0.39, 0.29) is 11.6 Å². The van der Waals surface area contributed by atoms with Crippen LogP contribution >= 0.6 is 0 Å². The van der Waals surface area contributed by atoms with Gasteiger partial charge in [0.15, 0.2) is 0 Å². The van der Waals surface area contributed by atoms with Gasteiger partial charge in [0.05, 0.1) is 5.54 Å². The first-order valence-electron chi connectivity index (χ1n) is 11.2. The lowest BCUT2D eigenvalue weighted by molar-refractivity contribution is -0.114. The summed E-state index contributed by atoms with van der Waals surface area (Å²) in [6.45, 7) is 2.18. The van der Waals surface area contributed by atoms with Crippen LogP contribution in [-0.2, 0) is 11.3 Å². The number of hydrogen-bond donors (Lipinski definition) is 1. The molecule has 3 aromatic rings. The van der Waals surface area contributed by atoms with Crippen LogP contribution in [0.5, 0.6) is 0 Å². The molecule has 2 heterocycles. The average molecular weight is 464 g/mol. The predicted molar refractivity (Wildman–Crippen MR) is 126 cm³/mol. The number of benzene rings is 3. The minimum absolute atomic E-state index is 0.226. The minimum Gasteiger partial charge on any atom is -0.357 e. The first-order chi connectivity index (χ1) is 16.4. The molecule has 0 aromatic heterocycles. The summed E-state index contributed by atoms with van der Waals surface area (Å²) in [5.41, 5.74) is 1.67. The smallest absolute Gasteiger partial charge is 0.253 e. The molecule has 0 aliphatic carbocycles. The summed E-state index contributed by atoms with van der Waals surface area (Å²) in [5, 5.41) is 3.10. The lowest BCUT2D eigenvalue weighted by Gasteiger charge is -2.46. The molecule has 0 radical (unpaired) electrons. The van der Waals surface area contributed by atoms with Gasteiger partial charge in [-0.3, -0.25) is 14.6 Å². The predicted octanol–water partition coefficient (Wildman–Crippen LogP) is 5.48. The Labute approximate surface area is 196 Å². The number of anilines is 2. The van der Waals surface area contributed by atoms with E-state index >= 15 is 0 Å². The summed E-state index contributed by atoms with van der Waals surface area (Å²) < 4.78 is 41.7. The van der Waals surface area contributed by atoms with Crippen molar-refractivity contribution >= 4 is 17.3 Å². The van der Waals surface area contributed by atoms with Gasteiger partial charge in [0.25, 0.3) is 5.91 Å². The van der Waals surface area contributed by atoms with Crippen molar-refractivity contribution in [3.8, 4) is 0 Å². The number of carbonyl (C=O) groups is 1. The Kier molecular flexibility index (Phi) is 5.87. The van der Waals surface area contributed by atoms with Gasteiger partial charge in [-0.25, -0.2) is 13.2 Å². The standard InChI is InChI=1S/C27H24F3N3O/c28-20-7-4-8-24(16-20)33-26(34)17-25(31-23-14-21(29)13-22(30)15-23)27(33)9-11-32(12-10-27)18-19-5-2-1-3-6-19/h1-8,13-17,31H,9-12,18H2. The summed E-state index contributed by atoms with van der Waals surface area (Å²) in [7, 11) is 0. The van der Waals surface area contributed by atoms with Gasteiger partial charge in [0, 0.05) is 48.8 Å². The Bertz CT molecular complexity index is 1220. The highest BCUT2D eigenvalue weighted by Gasteiger charge is 2.50. The zero-order chi connectivity index (χ0) is 23.7. The van der Waals surface area contributed by atoms with Crippen molar-refractivity contribution in [1.82, 2.24) is 4.90 Å². The molecule has 174 valence electrons. The molecule has 0 unspecified atom stereocenters. The first kappa shape index (κ1) is 22.2. The van der Waals surface area contributed by atoms with Gasteiger partial charge in [0.1, 0.15) is 17.5 Å². The number of rotatable bonds is 5. The molecule has 0 atom stereocenters. The summed E-state index contributed by atoms with van der Waals surface area (Å²) in [6.07, 6.45) is 2.62. The van der Waals surface area contributed by atoms with Crippen LogP contribution in [0.1, 0.15) is 18.4 Å². The number of likely N-dealkylation sites (tertiary alicyclic amines) is 1. The van der Waals surface area contributed by atoms with E-state index in [1.54, 1.807) is 17.0 Å². The number of hydrogen-bond acceptors (Lipinski definition) is 3. The van der Waals surface area contributed by atoms with Crippen LogP contribution in [0.25, 0.3) is 0 Å². The molecule has 1 fully saturated rings. The maximum atomic E-state index is 14.1. The molecule has 4 nitrogen and oxygen atoms in total. The van der Waals surface area contributed by atoms with Crippen LogP contribution in [0, 0.1) is 17.5 Å². The van der Waals surface area contributed by atoms with Crippen LogP contribution < -0.4 is 10.2 Å². The maximum Gasteiger partial charge on any atom is 0.253 e. The van der Waals surface area contributed by atoms with Gasteiger partial charge >= 0.3 is 0 Å². The lowest BCUT2D eigenvalue weighted by Crippen LogP contribution is -2.56. The fraction of sp³-hybridized carbons (Fsp3) is 0.222. The van der Waals surface area contributed by atoms with Crippen molar-refractivity contribution in [3.05, 3.63) is 108 Å². The third-order valence-electron chi connectivity index (χ3n) is 6.56. The molecule has 0 bridgehead atoms. The molecule has 7 heteroatoms. The normalized spacial score (nSPS) is 17.8. The molecule has 1 amide bonds. The number of halogens is 3. The second kappa shape index (κ2) is 8.99. The van der Waals surface area contributed by atoms with Gasteiger partial charge < -0.3 is 5.32 Å². The third kappa shape index (κ3) is 4.31. The highest BCUT2D eigenvalue weighted by molar-refractivity contribution is 6.07.